The van der Waals surface area contributed by atoms with Crippen molar-refractivity contribution in [2.24, 2.45) is 0 Å². The first kappa shape index (κ1) is 7.89. The third-order valence-corrected chi connectivity index (χ3v) is 1.19. The molecule has 0 aliphatic rings. The summed E-state index contributed by atoms with van der Waals surface area (Å²) in [5, 5.41) is 14.9. The van der Waals surface area contributed by atoms with Crippen molar-refractivity contribution in [3.05, 3.63) is 11.9 Å². The molecule has 0 radical (unpaired) electrons. The summed E-state index contributed by atoms with van der Waals surface area (Å²) in [6, 6.07) is 0. The predicted octanol–water partition coefficient (Wildman–Crippen LogP) is 0.135. The smallest absolute Gasteiger partial charge is 0.358 e. The number of carbonyl (C=O) groups is 1. The lowest BCUT2D eigenvalue weighted by molar-refractivity contribution is 0.0688. The fraction of sp³-hybridized carbons (Fsp3) is 0. The van der Waals surface area contributed by atoms with E-state index in [0.717, 1.165) is 6.20 Å². The molecule has 2 N–H and O–H groups in total. The summed E-state index contributed by atoms with van der Waals surface area (Å²) >= 11 is 0.312. The van der Waals surface area contributed by atoms with E-state index in [4.69, 9.17) is 9.66 Å². The van der Waals surface area contributed by atoms with E-state index in [9.17, 15) is 4.79 Å². The number of hydrogen-bond donors (Lipinski definition) is 2. The molecule has 1 heterocycles. The molecule has 0 unspecified atom stereocenters. The quantitative estimate of drug-likeness (QED) is 0.613. The Morgan fingerprint density at radius 1 is 1.55 bits per heavy atom. The van der Waals surface area contributed by atoms with Gasteiger partial charge in [-0.2, -0.15) is 0 Å². The van der Waals surface area contributed by atoms with Crippen LogP contribution in [0.2, 0.25) is 0 Å². The minimum Gasteiger partial charge on any atom is -0.476 e. The third-order valence-electron chi connectivity index (χ3n) is 0.841. The van der Waals surface area contributed by atoms with Gasteiger partial charge in [-0.3, -0.25) is 0 Å². The first-order valence-electron chi connectivity index (χ1n) is 2.48. The van der Waals surface area contributed by atoms with Gasteiger partial charge in [0.15, 0.2) is 5.69 Å². The monoisotopic (exact) mass is 173 g/mol. The van der Waals surface area contributed by atoms with Crippen molar-refractivity contribution in [2.45, 2.75) is 5.16 Å². The van der Waals surface area contributed by atoms with E-state index < -0.39 is 5.97 Å². The van der Waals surface area contributed by atoms with Crippen LogP contribution >= 0.6 is 12.0 Å². The lowest BCUT2D eigenvalue weighted by Crippen LogP contribution is -2.03. The van der Waals surface area contributed by atoms with Crippen LogP contribution in [0.4, 0.5) is 0 Å². The van der Waals surface area contributed by atoms with E-state index in [1.165, 1.54) is 0 Å². The summed E-state index contributed by atoms with van der Waals surface area (Å²) in [5.41, 5.74) is -0.247. The van der Waals surface area contributed by atoms with Crippen LogP contribution < -0.4 is 0 Å². The standard InChI is InChI=1S/C4H3N3O3S/c8-3(9)2-1-5-4(11-10)7-6-2/h1,10H,(H,8,9). The largest absolute Gasteiger partial charge is 0.476 e. The molecule has 6 nitrogen and oxygen atoms in total. The van der Waals surface area contributed by atoms with Crippen LogP contribution in [0.25, 0.3) is 0 Å². The highest BCUT2D eigenvalue weighted by Crippen LogP contribution is 2.03. The van der Waals surface area contributed by atoms with Crippen LogP contribution in [0.1, 0.15) is 10.5 Å². The maximum Gasteiger partial charge on any atom is 0.358 e. The van der Waals surface area contributed by atoms with Crippen molar-refractivity contribution >= 4 is 18.0 Å². The van der Waals surface area contributed by atoms with Crippen LogP contribution in [0.3, 0.4) is 0 Å². The number of aromatic carboxylic acids is 1. The summed E-state index contributed by atoms with van der Waals surface area (Å²) in [6.45, 7) is 0. The van der Waals surface area contributed by atoms with E-state index in [0.29, 0.717) is 12.0 Å². The second kappa shape index (κ2) is 3.26. The molecule has 58 valence electrons. The van der Waals surface area contributed by atoms with Gasteiger partial charge in [0.05, 0.1) is 18.2 Å². The lowest BCUT2D eigenvalue weighted by atomic mass is 10.5. The van der Waals surface area contributed by atoms with Crippen LogP contribution in [0.5, 0.6) is 0 Å². The molecular weight excluding hydrogens is 170 g/mol. The molecule has 0 amide bonds. The zero-order valence-electron chi connectivity index (χ0n) is 5.13. The highest BCUT2D eigenvalue weighted by atomic mass is 32.2. The topological polar surface area (TPSA) is 96.2 Å². The van der Waals surface area contributed by atoms with Crippen LogP contribution in [0, 0.1) is 0 Å². The molecular formula is C4H3N3O3S. The molecule has 0 aliphatic carbocycles. The molecule has 0 spiro atoms. The number of hydrogen-bond acceptors (Lipinski definition) is 6. The summed E-state index contributed by atoms with van der Waals surface area (Å²) in [5.74, 6) is -1.19. The van der Waals surface area contributed by atoms with Gasteiger partial charge in [0.25, 0.3) is 0 Å². The molecule has 0 atom stereocenters. The van der Waals surface area contributed by atoms with Crippen molar-refractivity contribution < 1.29 is 14.5 Å². The van der Waals surface area contributed by atoms with Crippen molar-refractivity contribution in [1.82, 2.24) is 15.2 Å². The normalized spacial score (nSPS) is 9.55. The van der Waals surface area contributed by atoms with Gasteiger partial charge < -0.3 is 9.66 Å². The molecule has 0 aliphatic heterocycles. The second-order valence-corrected chi connectivity index (χ2v) is 2.07. The summed E-state index contributed by atoms with van der Waals surface area (Å²) in [6.07, 6.45) is 1.02. The zero-order chi connectivity index (χ0) is 8.27. The Kier molecular flexibility index (Phi) is 2.34. The average molecular weight is 173 g/mol. The van der Waals surface area contributed by atoms with E-state index >= 15 is 0 Å². The van der Waals surface area contributed by atoms with Crippen LogP contribution in [-0.4, -0.2) is 30.8 Å². The summed E-state index contributed by atoms with van der Waals surface area (Å²) < 4.78 is 8.37. The van der Waals surface area contributed by atoms with Gasteiger partial charge in [0, 0.05) is 0 Å². The zero-order valence-corrected chi connectivity index (χ0v) is 5.95. The first-order valence-corrected chi connectivity index (χ1v) is 3.26. The van der Waals surface area contributed by atoms with Crippen LogP contribution in [0.15, 0.2) is 11.4 Å². The Labute approximate surface area is 65.5 Å². The second-order valence-electron chi connectivity index (χ2n) is 1.52. The van der Waals surface area contributed by atoms with Gasteiger partial charge >= 0.3 is 5.97 Å². The fourth-order valence-corrected chi connectivity index (χ4v) is 0.582. The number of rotatable bonds is 2. The molecule has 0 saturated carbocycles. The predicted molar refractivity (Wildman–Crippen MR) is 35.3 cm³/mol. The van der Waals surface area contributed by atoms with E-state index in [1.54, 1.807) is 0 Å². The molecule has 7 heteroatoms. The maximum atomic E-state index is 10.2. The third kappa shape index (κ3) is 1.85. The van der Waals surface area contributed by atoms with Gasteiger partial charge in [0.2, 0.25) is 5.16 Å². The van der Waals surface area contributed by atoms with Crippen molar-refractivity contribution in [3.8, 4) is 0 Å². The molecule has 1 aromatic heterocycles. The molecule has 0 bridgehead atoms. The molecule has 0 aromatic carbocycles. The average Bonchev–Trinajstić information content (AvgIpc) is 2.05. The fourth-order valence-electron chi connectivity index (χ4n) is 0.404. The lowest BCUT2D eigenvalue weighted by Gasteiger charge is -1.91. The summed E-state index contributed by atoms with van der Waals surface area (Å²) in [4.78, 5) is 13.7. The van der Waals surface area contributed by atoms with Crippen molar-refractivity contribution in [1.29, 1.82) is 0 Å². The van der Waals surface area contributed by atoms with Crippen molar-refractivity contribution in [2.75, 3.05) is 0 Å². The SMILES string of the molecule is O=C(O)c1cnc(SO)nn1. The molecule has 1 aromatic rings. The minimum atomic E-state index is -1.19. The Bertz CT molecular complexity index is 262. The molecule has 0 fully saturated rings. The Morgan fingerprint density at radius 3 is 2.64 bits per heavy atom. The minimum absolute atomic E-state index is 0.0231. The van der Waals surface area contributed by atoms with E-state index in [2.05, 4.69) is 15.2 Å². The first-order chi connectivity index (χ1) is 5.24. The highest BCUT2D eigenvalue weighted by Gasteiger charge is 2.05. The van der Waals surface area contributed by atoms with E-state index in [-0.39, 0.29) is 10.9 Å². The van der Waals surface area contributed by atoms with Gasteiger partial charge in [-0.15, -0.1) is 10.2 Å². The van der Waals surface area contributed by atoms with Crippen molar-refractivity contribution in [3.63, 3.8) is 0 Å². The maximum absolute atomic E-state index is 10.2. The van der Waals surface area contributed by atoms with Gasteiger partial charge in [-0.1, -0.05) is 0 Å². The highest BCUT2D eigenvalue weighted by molar-refractivity contribution is 7.93. The van der Waals surface area contributed by atoms with E-state index in [1.807, 2.05) is 0 Å². The number of carboxylic acids is 1. The molecule has 1 rings (SSSR count). The van der Waals surface area contributed by atoms with Gasteiger partial charge in [-0.25, -0.2) is 9.78 Å². The number of carboxylic acid groups (broad SMARTS) is 1. The van der Waals surface area contributed by atoms with Crippen LogP contribution in [-0.2, 0) is 0 Å². The molecule has 0 saturated heterocycles. The number of aromatic nitrogens is 3. The Hall–Kier alpha value is -1.21. The number of nitrogens with zero attached hydrogens (tertiary/aromatic N) is 3. The Morgan fingerprint density at radius 2 is 2.27 bits per heavy atom. The van der Waals surface area contributed by atoms with Gasteiger partial charge in [-0.05, 0) is 0 Å². The molecule has 11 heavy (non-hydrogen) atoms. The Balaban J connectivity index is 2.91. The van der Waals surface area contributed by atoms with Gasteiger partial charge in [0.1, 0.15) is 0 Å². The summed E-state index contributed by atoms with van der Waals surface area (Å²) in [7, 11) is 0.